The first kappa shape index (κ1) is 17.4. The summed E-state index contributed by atoms with van der Waals surface area (Å²) in [6.07, 6.45) is 5.98. The summed E-state index contributed by atoms with van der Waals surface area (Å²) in [5.41, 5.74) is 7.87. The molecule has 0 aromatic heterocycles. The maximum atomic E-state index is 12.6. The van der Waals surface area contributed by atoms with Crippen molar-refractivity contribution in [2.24, 2.45) is 11.1 Å². The summed E-state index contributed by atoms with van der Waals surface area (Å²) in [7, 11) is 2.20. The minimum absolute atomic E-state index is 0.0386. The van der Waals surface area contributed by atoms with Gasteiger partial charge in [0.25, 0.3) is 0 Å². The van der Waals surface area contributed by atoms with Crippen LogP contribution in [0.4, 0.5) is 0 Å². The Balaban J connectivity index is 1.45. The van der Waals surface area contributed by atoms with Crippen LogP contribution in [0, 0.1) is 5.41 Å². The number of likely N-dealkylation sites (tertiary alicyclic amines) is 2. The Morgan fingerprint density at radius 2 is 2.00 bits per heavy atom. The quantitative estimate of drug-likeness (QED) is 0.902. The molecule has 0 aliphatic carbocycles. The van der Waals surface area contributed by atoms with E-state index in [-0.39, 0.29) is 11.9 Å². The molecule has 2 aliphatic rings. The minimum Gasteiger partial charge on any atom is -0.342 e. The largest absolute Gasteiger partial charge is 0.342 e. The molecule has 3 rings (SSSR count). The van der Waals surface area contributed by atoms with Crippen LogP contribution in [-0.2, 0) is 11.2 Å². The molecule has 1 aromatic carbocycles. The monoisotopic (exact) mass is 329 g/mol. The molecule has 24 heavy (non-hydrogen) atoms. The van der Waals surface area contributed by atoms with E-state index in [0.29, 0.717) is 11.8 Å². The summed E-state index contributed by atoms with van der Waals surface area (Å²) in [6, 6.07) is 10.3. The Labute approximate surface area is 146 Å². The van der Waals surface area contributed by atoms with Crippen molar-refractivity contribution in [3.05, 3.63) is 35.9 Å². The lowest BCUT2D eigenvalue weighted by molar-refractivity contribution is -0.131. The van der Waals surface area contributed by atoms with E-state index in [0.717, 1.165) is 38.9 Å². The molecule has 2 saturated heterocycles. The van der Waals surface area contributed by atoms with Crippen LogP contribution in [-0.4, -0.2) is 55.0 Å². The molecule has 1 amide bonds. The van der Waals surface area contributed by atoms with Crippen molar-refractivity contribution >= 4 is 5.91 Å². The average molecular weight is 329 g/mol. The maximum Gasteiger partial charge on any atom is 0.224 e. The summed E-state index contributed by atoms with van der Waals surface area (Å²) < 4.78 is 0. The lowest BCUT2D eigenvalue weighted by atomic mass is 9.79. The van der Waals surface area contributed by atoms with E-state index in [2.05, 4.69) is 41.1 Å². The minimum atomic E-state index is -0.0386. The topological polar surface area (TPSA) is 49.6 Å². The molecule has 2 aliphatic heterocycles. The molecule has 2 atom stereocenters. The molecular formula is C20H31N3O. The molecule has 4 nitrogen and oxygen atoms in total. The standard InChI is InChI=1S/C20H31N3O/c1-22-12-5-10-20(15-22)11-13-23(16-20)19(24)14-18(21)9-8-17-6-3-2-4-7-17/h2-4,6-7,18H,5,8-16,21H2,1H3/t18-,20?/m0/s1. The zero-order chi connectivity index (χ0) is 17.0. The van der Waals surface area contributed by atoms with Crippen molar-refractivity contribution in [2.45, 2.75) is 44.6 Å². The molecule has 0 saturated carbocycles. The Kier molecular flexibility index (Phi) is 5.57. The average Bonchev–Trinajstić information content (AvgIpc) is 2.97. The van der Waals surface area contributed by atoms with Crippen molar-refractivity contribution in [2.75, 3.05) is 33.2 Å². The van der Waals surface area contributed by atoms with E-state index in [1.54, 1.807) is 0 Å². The maximum absolute atomic E-state index is 12.6. The van der Waals surface area contributed by atoms with E-state index in [1.807, 2.05) is 6.07 Å². The highest BCUT2D eigenvalue weighted by Gasteiger charge is 2.41. The molecule has 0 bridgehead atoms. The van der Waals surface area contributed by atoms with Crippen molar-refractivity contribution in [3.8, 4) is 0 Å². The highest BCUT2D eigenvalue weighted by molar-refractivity contribution is 5.77. The number of hydrogen-bond donors (Lipinski definition) is 1. The van der Waals surface area contributed by atoms with Gasteiger partial charge >= 0.3 is 0 Å². The third-order valence-electron chi connectivity index (χ3n) is 5.73. The number of amides is 1. The van der Waals surface area contributed by atoms with Gasteiger partial charge in [-0.1, -0.05) is 30.3 Å². The molecule has 1 unspecified atom stereocenters. The third kappa shape index (κ3) is 4.37. The summed E-state index contributed by atoms with van der Waals surface area (Å²) in [5, 5.41) is 0. The summed E-state index contributed by atoms with van der Waals surface area (Å²) in [4.78, 5) is 17.1. The smallest absolute Gasteiger partial charge is 0.224 e. The predicted molar refractivity (Wildman–Crippen MR) is 97.7 cm³/mol. The number of rotatable bonds is 5. The normalized spacial score (nSPS) is 26.0. The van der Waals surface area contributed by atoms with Crippen LogP contribution in [0.5, 0.6) is 0 Å². The molecule has 132 valence electrons. The van der Waals surface area contributed by atoms with Gasteiger partial charge in [0.05, 0.1) is 0 Å². The second kappa shape index (κ2) is 7.66. The van der Waals surface area contributed by atoms with Gasteiger partial charge in [0.2, 0.25) is 5.91 Å². The number of aryl methyl sites for hydroxylation is 1. The van der Waals surface area contributed by atoms with Gasteiger partial charge < -0.3 is 15.5 Å². The number of carbonyl (C=O) groups excluding carboxylic acids is 1. The molecule has 2 fully saturated rings. The fraction of sp³-hybridized carbons (Fsp3) is 0.650. The second-order valence-electron chi connectivity index (χ2n) is 7.90. The first-order chi connectivity index (χ1) is 11.6. The van der Waals surface area contributed by atoms with Crippen molar-refractivity contribution in [3.63, 3.8) is 0 Å². The Morgan fingerprint density at radius 3 is 2.75 bits per heavy atom. The van der Waals surface area contributed by atoms with Gasteiger partial charge in [-0.2, -0.15) is 0 Å². The highest BCUT2D eigenvalue weighted by Crippen LogP contribution is 2.38. The number of piperidine rings is 1. The van der Waals surface area contributed by atoms with Crippen LogP contribution in [0.3, 0.4) is 0 Å². The van der Waals surface area contributed by atoms with Crippen molar-refractivity contribution in [1.82, 2.24) is 9.80 Å². The summed E-state index contributed by atoms with van der Waals surface area (Å²) in [6.45, 7) is 4.18. The number of nitrogens with two attached hydrogens (primary N) is 1. The third-order valence-corrected chi connectivity index (χ3v) is 5.73. The van der Waals surface area contributed by atoms with Crippen molar-refractivity contribution < 1.29 is 4.79 Å². The number of carbonyl (C=O) groups is 1. The van der Waals surface area contributed by atoms with E-state index in [1.165, 1.54) is 24.9 Å². The van der Waals surface area contributed by atoms with Gasteiger partial charge in [0.1, 0.15) is 0 Å². The van der Waals surface area contributed by atoms with E-state index in [9.17, 15) is 4.79 Å². The van der Waals surface area contributed by atoms with Crippen LogP contribution in [0.15, 0.2) is 30.3 Å². The van der Waals surface area contributed by atoms with Crippen LogP contribution in [0.2, 0.25) is 0 Å². The SMILES string of the molecule is CN1CCCC2(CCN(C(=O)C[C@@H](N)CCc3ccccc3)C2)C1. The van der Waals surface area contributed by atoms with Gasteiger partial charge in [0, 0.05) is 37.5 Å². The van der Waals surface area contributed by atoms with Gasteiger partial charge in [-0.25, -0.2) is 0 Å². The van der Waals surface area contributed by atoms with Gasteiger partial charge in [0.15, 0.2) is 0 Å². The van der Waals surface area contributed by atoms with Crippen LogP contribution >= 0.6 is 0 Å². The van der Waals surface area contributed by atoms with Crippen LogP contribution in [0.1, 0.15) is 37.7 Å². The number of hydrogen-bond acceptors (Lipinski definition) is 3. The fourth-order valence-electron chi connectivity index (χ4n) is 4.39. The van der Waals surface area contributed by atoms with E-state index in [4.69, 9.17) is 5.73 Å². The summed E-state index contributed by atoms with van der Waals surface area (Å²) >= 11 is 0. The highest BCUT2D eigenvalue weighted by atomic mass is 16.2. The number of nitrogens with zero attached hydrogens (tertiary/aromatic N) is 2. The predicted octanol–water partition coefficient (Wildman–Crippen LogP) is 2.28. The zero-order valence-electron chi connectivity index (χ0n) is 14.9. The lowest BCUT2D eigenvalue weighted by Gasteiger charge is -2.38. The molecule has 0 radical (unpaired) electrons. The second-order valence-corrected chi connectivity index (χ2v) is 7.90. The Hall–Kier alpha value is -1.39. The first-order valence-electron chi connectivity index (χ1n) is 9.32. The zero-order valence-corrected chi connectivity index (χ0v) is 14.9. The summed E-state index contributed by atoms with van der Waals surface area (Å²) in [5.74, 6) is 0.251. The Morgan fingerprint density at radius 1 is 1.21 bits per heavy atom. The molecular weight excluding hydrogens is 298 g/mol. The van der Waals surface area contributed by atoms with Crippen molar-refractivity contribution in [1.29, 1.82) is 0 Å². The fourth-order valence-corrected chi connectivity index (χ4v) is 4.39. The van der Waals surface area contributed by atoms with Gasteiger partial charge in [-0.05, 0) is 51.3 Å². The van der Waals surface area contributed by atoms with Crippen LogP contribution < -0.4 is 5.73 Å². The Bertz CT molecular complexity index is 547. The van der Waals surface area contributed by atoms with Crippen LogP contribution in [0.25, 0.3) is 0 Å². The molecule has 4 heteroatoms. The van der Waals surface area contributed by atoms with E-state index >= 15 is 0 Å². The molecule has 1 spiro atoms. The lowest BCUT2D eigenvalue weighted by Crippen LogP contribution is -2.44. The number of benzene rings is 1. The molecule has 2 N–H and O–H groups in total. The molecule has 2 heterocycles. The van der Waals surface area contributed by atoms with Gasteiger partial charge in [-0.15, -0.1) is 0 Å². The first-order valence-corrected chi connectivity index (χ1v) is 9.32. The van der Waals surface area contributed by atoms with E-state index < -0.39 is 0 Å². The van der Waals surface area contributed by atoms with Gasteiger partial charge in [-0.3, -0.25) is 4.79 Å². The molecule has 1 aromatic rings.